The number of fused-ring (bicyclic) bond motifs is 2. The van der Waals surface area contributed by atoms with E-state index in [9.17, 15) is 4.79 Å². The van der Waals surface area contributed by atoms with Gasteiger partial charge in [-0.2, -0.15) is 0 Å². The fraction of sp³-hybridized carbons (Fsp3) is 0.400. The number of nitrogens with zero attached hydrogens (tertiary/aromatic N) is 3. The van der Waals surface area contributed by atoms with E-state index in [0.29, 0.717) is 16.8 Å². The molecule has 0 saturated heterocycles. The molecule has 5 rings (SSSR count). The van der Waals surface area contributed by atoms with Gasteiger partial charge in [0.1, 0.15) is 5.65 Å². The minimum atomic E-state index is -0.460. The maximum absolute atomic E-state index is 15.2. The molecule has 7 nitrogen and oxygen atoms in total. The largest absolute Gasteiger partial charge is 0.363 e. The molecule has 0 bridgehead atoms. The number of halogens is 1. The van der Waals surface area contributed by atoms with Crippen LogP contribution in [0.2, 0.25) is 0 Å². The van der Waals surface area contributed by atoms with Gasteiger partial charge in [-0.1, -0.05) is 12.8 Å². The lowest BCUT2D eigenvalue weighted by Crippen LogP contribution is -2.43. The summed E-state index contributed by atoms with van der Waals surface area (Å²) in [6, 6.07) is 1.92. The summed E-state index contributed by atoms with van der Waals surface area (Å²) in [7, 11) is 1.95. The number of aromatic nitrogens is 3. The number of imidazole rings is 1. The van der Waals surface area contributed by atoms with Crippen molar-refractivity contribution in [2.24, 2.45) is 12.8 Å². The molecule has 1 amide bonds. The first kappa shape index (κ1) is 17.2. The third kappa shape index (κ3) is 2.59. The smallest absolute Gasteiger partial charge is 0.254 e. The van der Waals surface area contributed by atoms with Crippen molar-refractivity contribution in [3.05, 3.63) is 41.6 Å². The standard InChI is InChI=1S/C20H23FN6O/c1-26-6-7-27-10-11(8-15(26)27)18-16-12(9-23-20(16)28)17(21)19(25-18)24-14-5-3-2-4-13(14)22/h6-8,10,13-14H,2-5,9,22H2,1H3,(H,23,28)(H,24,25). The quantitative estimate of drug-likeness (QED) is 0.649. The van der Waals surface area contributed by atoms with Gasteiger partial charge in [0.15, 0.2) is 11.6 Å². The number of anilines is 1. The average molecular weight is 382 g/mol. The van der Waals surface area contributed by atoms with Gasteiger partial charge in [0.25, 0.3) is 5.91 Å². The Hall–Kier alpha value is -2.87. The SMILES string of the molecule is Cn1ccn2cc(-c3nc(NC4CCCCC4N)c(F)c4c3C(=O)NC4)cc12. The van der Waals surface area contributed by atoms with Crippen LogP contribution in [0.15, 0.2) is 24.7 Å². The zero-order chi connectivity index (χ0) is 19.4. The Kier molecular flexibility index (Phi) is 3.90. The Morgan fingerprint density at radius 1 is 1.32 bits per heavy atom. The van der Waals surface area contributed by atoms with Crippen LogP contribution in [-0.2, 0) is 13.6 Å². The second-order valence-corrected chi connectivity index (χ2v) is 7.76. The number of carbonyl (C=O) groups excluding carboxylic acids is 1. The molecule has 3 aromatic heterocycles. The molecule has 4 N–H and O–H groups in total. The van der Waals surface area contributed by atoms with E-state index in [2.05, 4.69) is 15.6 Å². The molecule has 1 saturated carbocycles. The first-order valence-corrected chi connectivity index (χ1v) is 9.69. The lowest BCUT2D eigenvalue weighted by molar-refractivity contribution is 0.0966. The maximum atomic E-state index is 15.2. The number of aryl methyl sites for hydroxylation is 1. The van der Waals surface area contributed by atoms with Crippen LogP contribution in [0, 0.1) is 5.82 Å². The number of pyridine rings is 1. The Labute approximate surface area is 161 Å². The van der Waals surface area contributed by atoms with Gasteiger partial charge in [0, 0.05) is 55.4 Å². The van der Waals surface area contributed by atoms with Crippen molar-refractivity contribution >= 4 is 17.4 Å². The highest BCUT2D eigenvalue weighted by molar-refractivity contribution is 6.04. The highest BCUT2D eigenvalue weighted by atomic mass is 19.1. The van der Waals surface area contributed by atoms with Crippen LogP contribution in [0.5, 0.6) is 0 Å². The molecule has 4 heterocycles. The van der Waals surface area contributed by atoms with Gasteiger partial charge in [-0.15, -0.1) is 0 Å². The average Bonchev–Trinajstić information content (AvgIpc) is 3.36. The Balaban J connectivity index is 1.63. The number of carbonyl (C=O) groups is 1. The van der Waals surface area contributed by atoms with Crippen molar-refractivity contribution in [1.29, 1.82) is 0 Å². The van der Waals surface area contributed by atoms with Gasteiger partial charge in [0.05, 0.1) is 11.3 Å². The van der Waals surface area contributed by atoms with Crippen molar-refractivity contribution < 1.29 is 9.18 Å². The van der Waals surface area contributed by atoms with E-state index < -0.39 is 5.82 Å². The molecule has 2 unspecified atom stereocenters. The van der Waals surface area contributed by atoms with Crippen LogP contribution in [0.3, 0.4) is 0 Å². The molecule has 146 valence electrons. The molecular weight excluding hydrogens is 359 g/mol. The number of hydrogen-bond acceptors (Lipinski definition) is 4. The zero-order valence-corrected chi connectivity index (χ0v) is 15.7. The second kappa shape index (κ2) is 6.34. The van der Waals surface area contributed by atoms with Crippen molar-refractivity contribution in [3.8, 4) is 11.3 Å². The predicted molar refractivity (Wildman–Crippen MR) is 105 cm³/mol. The van der Waals surface area contributed by atoms with Crippen molar-refractivity contribution in [3.63, 3.8) is 0 Å². The van der Waals surface area contributed by atoms with Crippen molar-refractivity contribution in [1.82, 2.24) is 19.3 Å². The molecule has 0 aromatic carbocycles. The summed E-state index contributed by atoms with van der Waals surface area (Å²) in [6.07, 6.45) is 9.77. The summed E-state index contributed by atoms with van der Waals surface area (Å²) in [4.78, 5) is 17.0. The van der Waals surface area contributed by atoms with Gasteiger partial charge in [-0.05, 0) is 18.9 Å². The summed E-state index contributed by atoms with van der Waals surface area (Å²) in [6.45, 7) is 0.175. The van der Waals surface area contributed by atoms with Gasteiger partial charge >= 0.3 is 0 Å². The summed E-state index contributed by atoms with van der Waals surface area (Å²) in [5.41, 5.74) is 9.19. The highest BCUT2D eigenvalue weighted by Gasteiger charge is 2.32. The fourth-order valence-electron chi connectivity index (χ4n) is 4.35. The number of hydrogen-bond donors (Lipinski definition) is 3. The van der Waals surface area contributed by atoms with Gasteiger partial charge in [0.2, 0.25) is 0 Å². The molecule has 28 heavy (non-hydrogen) atoms. The van der Waals surface area contributed by atoms with E-state index in [-0.39, 0.29) is 30.4 Å². The molecule has 8 heteroatoms. The van der Waals surface area contributed by atoms with Crippen LogP contribution in [0.25, 0.3) is 16.9 Å². The molecule has 1 fully saturated rings. The van der Waals surface area contributed by atoms with Crippen LogP contribution in [-0.4, -0.2) is 31.9 Å². The van der Waals surface area contributed by atoms with Gasteiger partial charge in [-0.3, -0.25) is 4.79 Å². The van der Waals surface area contributed by atoms with E-state index in [0.717, 1.165) is 36.9 Å². The minimum absolute atomic E-state index is 0.0141. The molecular formula is C20H23FN6O. The normalized spacial score (nSPS) is 21.8. The summed E-state index contributed by atoms with van der Waals surface area (Å²) >= 11 is 0. The lowest BCUT2D eigenvalue weighted by Gasteiger charge is -2.30. The molecule has 0 radical (unpaired) electrons. The van der Waals surface area contributed by atoms with E-state index in [4.69, 9.17) is 5.73 Å². The van der Waals surface area contributed by atoms with Crippen molar-refractivity contribution in [2.45, 2.75) is 44.3 Å². The second-order valence-electron chi connectivity index (χ2n) is 7.76. The first-order chi connectivity index (χ1) is 13.5. The number of amides is 1. The van der Waals surface area contributed by atoms with Crippen LogP contribution >= 0.6 is 0 Å². The number of nitrogens with two attached hydrogens (primary N) is 1. The molecule has 3 aromatic rings. The molecule has 1 aliphatic carbocycles. The van der Waals surface area contributed by atoms with Crippen LogP contribution in [0.4, 0.5) is 10.2 Å². The minimum Gasteiger partial charge on any atom is -0.363 e. The Morgan fingerprint density at radius 2 is 2.14 bits per heavy atom. The van der Waals surface area contributed by atoms with Gasteiger partial charge < -0.3 is 25.3 Å². The Bertz CT molecular complexity index is 1080. The fourth-order valence-corrected chi connectivity index (χ4v) is 4.35. The monoisotopic (exact) mass is 382 g/mol. The zero-order valence-electron chi connectivity index (χ0n) is 15.7. The molecule has 2 atom stereocenters. The molecule has 1 aliphatic heterocycles. The predicted octanol–water partition coefficient (Wildman–Crippen LogP) is 2.40. The first-order valence-electron chi connectivity index (χ1n) is 9.69. The summed E-state index contributed by atoms with van der Waals surface area (Å²) in [5, 5.41) is 5.96. The third-order valence-electron chi connectivity index (χ3n) is 5.94. The van der Waals surface area contributed by atoms with E-state index >= 15 is 4.39 Å². The topological polar surface area (TPSA) is 89.4 Å². The van der Waals surface area contributed by atoms with E-state index in [1.54, 1.807) is 0 Å². The molecule has 0 spiro atoms. The summed E-state index contributed by atoms with van der Waals surface area (Å²) in [5.74, 6) is -0.561. The van der Waals surface area contributed by atoms with Gasteiger partial charge in [-0.25, -0.2) is 9.37 Å². The lowest BCUT2D eigenvalue weighted by atomic mass is 9.91. The van der Waals surface area contributed by atoms with Crippen LogP contribution < -0.4 is 16.4 Å². The van der Waals surface area contributed by atoms with E-state index in [1.165, 1.54) is 0 Å². The Morgan fingerprint density at radius 3 is 2.93 bits per heavy atom. The number of rotatable bonds is 3. The van der Waals surface area contributed by atoms with Crippen LogP contribution in [0.1, 0.15) is 41.6 Å². The summed E-state index contributed by atoms with van der Waals surface area (Å²) < 4.78 is 19.1. The highest BCUT2D eigenvalue weighted by Crippen LogP contribution is 2.34. The number of nitrogens with one attached hydrogen (secondary N) is 2. The van der Waals surface area contributed by atoms with E-state index in [1.807, 2.05) is 40.7 Å². The maximum Gasteiger partial charge on any atom is 0.254 e. The van der Waals surface area contributed by atoms with Crippen molar-refractivity contribution in [2.75, 3.05) is 5.32 Å². The third-order valence-corrected chi connectivity index (χ3v) is 5.94. The molecule has 2 aliphatic rings.